The highest BCUT2D eigenvalue weighted by Crippen LogP contribution is 2.29. The highest BCUT2D eigenvalue weighted by atomic mass is 15.1. The van der Waals surface area contributed by atoms with Crippen LogP contribution in [0.25, 0.3) is 11.0 Å². The molecule has 0 bridgehead atoms. The van der Waals surface area contributed by atoms with Crippen LogP contribution in [0, 0.1) is 0 Å². The third kappa shape index (κ3) is 1.97. The number of hydrogen-bond donors (Lipinski definition) is 0. The van der Waals surface area contributed by atoms with E-state index < -0.39 is 0 Å². The first kappa shape index (κ1) is 12.2. The predicted octanol–water partition coefficient (Wildman–Crippen LogP) is 3.92. The summed E-state index contributed by atoms with van der Waals surface area (Å²) in [6.45, 7) is 11.1. The molecule has 2 heteroatoms. The number of aromatic nitrogens is 2. The van der Waals surface area contributed by atoms with E-state index >= 15 is 0 Å². The average Bonchev–Trinajstić information content (AvgIpc) is 2.67. The minimum atomic E-state index is 0.0883. The fraction of sp³-hybridized carbons (Fsp3) is 0.533. The van der Waals surface area contributed by atoms with Crippen molar-refractivity contribution in [1.82, 2.24) is 9.55 Å². The molecule has 17 heavy (non-hydrogen) atoms. The Bertz CT molecular complexity index is 530. The maximum atomic E-state index is 4.59. The van der Waals surface area contributed by atoms with Gasteiger partial charge in [-0.1, -0.05) is 13.8 Å². The van der Waals surface area contributed by atoms with Gasteiger partial charge in [-0.15, -0.1) is 0 Å². The van der Waals surface area contributed by atoms with Crippen molar-refractivity contribution in [3.8, 4) is 0 Å². The zero-order valence-corrected chi connectivity index (χ0v) is 11.5. The Kier molecular flexibility index (Phi) is 2.98. The van der Waals surface area contributed by atoms with E-state index in [1.807, 2.05) is 6.20 Å². The van der Waals surface area contributed by atoms with Gasteiger partial charge in [0.05, 0.1) is 0 Å². The first-order valence-corrected chi connectivity index (χ1v) is 6.47. The monoisotopic (exact) mass is 230 g/mol. The molecule has 0 aliphatic rings. The number of rotatable bonds is 2. The molecule has 2 heterocycles. The molecule has 2 aromatic heterocycles. The van der Waals surface area contributed by atoms with Gasteiger partial charge in [0, 0.05) is 23.3 Å². The third-order valence-corrected chi connectivity index (χ3v) is 3.34. The van der Waals surface area contributed by atoms with Crippen molar-refractivity contribution in [2.45, 2.75) is 53.0 Å². The molecule has 0 aliphatic carbocycles. The molecular formula is C15H22N2. The second-order valence-corrected chi connectivity index (χ2v) is 5.57. The van der Waals surface area contributed by atoms with Crippen molar-refractivity contribution in [1.29, 1.82) is 0 Å². The molecule has 0 atom stereocenters. The van der Waals surface area contributed by atoms with Crippen LogP contribution in [-0.4, -0.2) is 9.55 Å². The van der Waals surface area contributed by atoms with Gasteiger partial charge in [-0.3, -0.25) is 0 Å². The van der Waals surface area contributed by atoms with Gasteiger partial charge in [-0.25, -0.2) is 4.98 Å². The van der Waals surface area contributed by atoms with Gasteiger partial charge < -0.3 is 4.57 Å². The van der Waals surface area contributed by atoms with Crippen molar-refractivity contribution in [2.75, 3.05) is 0 Å². The van der Waals surface area contributed by atoms with Crippen LogP contribution < -0.4 is 0 Å². The van der Waals surface area contributed by atoms with E-state index in [1.54, 1.807) is 0 Å². The van der Waals surface area contributed by atoms with Crippen LogP contribution in [0.15, 0.2) is 18.5 Å². The number of pyridine rings is 1. The lowest BCUT2D eigenvalue weighted by Crippen LogP contribution is -2.21. The van der Waals surface area contributed by atoms with Crippen LogP contribution in [0.2, 0.25) is 0 Å². The van der Waals surface area contributed by atoms with Gasteiger partial charge in [-0.05, 0) is 50.8 Å². The highest BCUT2D eigenvalue weighted by molar-refractivity contribution is 5.84. The minimum Gasteiger partial charge on any atom is -0.327 e. The Balaban J connectivity index is 2.82. The Hall–Kier alpha value is -1.31. The van der Waals surface area contributed by atoms with E-state index in [1.165, 1.54) is 16.5 Å². The average molecular weight is 230 g/mol. The summed E-state index contributed by atoms with van der Waals surface area (Å²) in [6, 6.07) is 2.15. The van der Waals surface area contributed by atoms with Crippen molar-refractivity contribution in [2.24, 2.45) is 0 Å². The van der Waals surface area contributed by atoms with Gasteiger partial charge in [-0.2, -0.15) is 0 Å². The lowest BCUT2D eigenvalue weighted by molar-refractivity contribution is 0.408. The standard InChI is InChI=1S/C15H22N2/c1-6-11-8-9-16-14-13(11)12(7-2)10-17(14)15(3,4)5/h8-10H,6-7H2,1-5H3. The number of aryl methyl sites for hydroxylation is 2. The van der Waals surface area contributed by atoms with Crippen LogP contribution in [-0.2, 0) is 18.4 Å². The van der Waals surface area contributed by atoms with Crippen LogP contribution in [0.5, 0.6) is 0 Å². The summed E-state index contributed by atoms with van der Waals surface area (Å²) in [5.41, 5.74) is 4.05. The Labute approximate surface area is 104 Å². The summed E-state index contributed by atoms with van der Waals surface area (Å²) in [6.07, 6.45) is 6.35. The fourth-order valence-corrected chi connectivity index (χ4v) is 2.38. The molecule has 0 saturated carbocycles. The quantitative estimate of drug-likeness (QED) is 0.764. The number of nitrogens with zero attached hydrogens (tertiary/aromatic N) is 2. The first-order valence-electron chi connectivity index (χ1n) is 6.47. The van der Waals surface area contributed by atoms with Crippen molar-refractivity contribution in [3.63, 3.8) is 0 Å². The Morgan fingerprint density at radius 2 is 1.76 bits per heavy atom. The first-order chi connectivity index (χ1) is 7.99. The van der Waals surface area contributed by atoms with Gasteiger partial charge in [0.2, 0.25) is 0 Å². The molecule has 0 fully saturated rings. The maximum Gasteiger partial charge on any atom is 0.140 e. The molecule has 2 nitrogen and oxygen atoms in total. The van der Waals surface area contributed by atoms with Gasteiger partial charge in [0.1, 0.15) is 5.65 Å². The molecule has 2 aromatic rings. The predicted molar refractivity (Wildman–Crippen MR) is 73.5 cm³/mol. The zero-order valence-electron chi connectivity index (χ0n) is 11.5. The molecule has 92 valence electrons. The molecule has 0 radical (unpaired) electrons. The zero-order chi connectivity index (χ0) is 12.6. The highest BCUT2D eigenvalue weighted by Gasteiger charge is 2.19. The molecule has 0 N–H and O–H groups in total. The summed E-state index contributed by atoms with van der Waals surface area (Å²) in [7, 11) is 0. The van der Waals surface area contributed by atoms with E-state index in [2.05, 4.69) is 56.4 Å². The number of fused-ring (bicyclic) bond motifs is 1. The molecule has 0 saturated heterocycles. The van der Waals surface area contributed by atoms with Crippen LogP contribution in [0.4, 0.5) is 0 Å². The minimum absolute atomic E-state index is 0.0883. The Morgan fingerprint density at radius 3 is 2.29 bits per heavy atom. The third-order valence-electron chi connectivity index (χ3n) is 3.34. The van der Waals surface area contributed by atoms with Gasteiger partial charge in [0.15, 0.2) is 0 Å². The smallest absolute Gasteiger partial charge is 0.140 e. The van der Waals surface area contributed by atoms with Crippen LogP contribution in [0.1, 0.15) is 45.7 Å². The van der Waals surface area contributed by atoms with Gasteiger partial charge >= 0.3 is 0 Å². The molecular weight excluding hydrogens is 208 g/mol. The van der Waals surface area contributed by atoms with E-state index in [0.29, 0.717) is 0 Å². The van der Waals surface area contributed by atoms with Crippen LogP contribution in [0.3, 0.4) is 0 Å². The van der Waals surface area contributed by atoms with Crippen molar-refractivity contribution >= 4 is 11.0 Å². The molecule has 0 aliphatic heterocycles. The molecule has 0 spiro atoms. The fourth-order valence-electron chi connectivity index (χ4n) is 2.38. The summed E-state index contributed by atoms with van der Waals surface area (Å²) < 4.78 is 2.31. The summed E-state index contributed by atoms with van der Waals surface area (Å²) >= 11 is 0. The maximum absolute atomic E-state index is 4.59. The summed E-state index contributed by atoms with van der Waals surface area (Å²) in [5, 5.41) is 1.37. The lowest BCUT2D eigenvalue weighted by atomic mass is 10.1. The topological polar surface area (TPSA) is 17.8 Å². The largest absolute Gasteiger partial charge is 0.327 e. The number of hydrogen-bond acceptors (Lipinski definition) is 1. The van der Waals surface area contributed by atoms with E-state index in [4.69, 9.17) is 0 Å². The van der Waals surface area contributed by atoms with E-state index in [-0.39, 0.29) is 5.54 Å². The van der Waals surface area contributed by atoms with Gasteiger partial charge in [0.25, 0.3) is 0 Å². The summed E-state index contributed by atoms with van der Waals surface area (Å²) in [5.74, 6) is 0. The van der Waals surface area contributed by atoms with E-state index in [0.717, 1.165) is 18.5 Å². The molecule has 0 unspecified atom stereocenters. The lowest BCUT2D eigenvalue weighted by Gasteiger charge is -2.22. The summed E-state index contributed by atoms with van der Waals surface area (Å²) in [4.78, 5) is 4.59. The van der Waals surface area contributed by atoms with Crippen molar-refractivity contribution in [3.05, 3.63) is 29.6 Å². The van der Waals surface area contributed by atoms with E-state index in [9.17, 15) is 0 Å². The Morgan fingerprint density at radius 1 is 1.12 bits per heavy atom. The second kappa shape index (κ2) is 4.17. The normalized spacial score (nSPS) is 12.3. The molecule has 0 amide bonds. The second-order valence-electron chi connectivity index (χ2n) is 5.57. The molecule has 0 aromatic carbocycles. The van der Waals surface area contributed by atoms with Crippen molar-refractivity contribution < 1.29 is 0 Å². The SMILES string of the molecule is CCc1ccnc2c1c(CC)cn2C(C)(C)C. The molecule has 2 rings (SSSR count). The van der Waals surface area contributed by atoms with Crippen LogP contribution >= 0.6 is 0 Å².